The molecule has 0 aromatic carbocycles. The van der Waals surface area contributed by atoms with Crippen molar-refractivity contribution in [1.82, 2.24) is 0 Å². The van der Waals surface area contributed by atoms with E-state index in [0.29, 0.717) is 6.42 Å². The Bertz CT molecular complexity index is 366. The Labute approximate surface area is 118 Å². The van der Waals surface area contributed by atoms with E-state index in [-0.39, 0.29) is 19.3 Å². The van der Waals surface area contributed by atoms with Gasteiger partial charge in [-0.05, 0) is 37.4 Å². The highest BCUT2D eigenvalue weighted by atomic mass is 32.2. The molecule has 0 spiro atoms. The first-order chi connectivity index (χ1) is 9.09. The van der Waals surface area contributed by atoms with Crippen LogP contribution in [0.4, 0.5) is 26.3 Å². The molecule has 118 valence electrons. The van der Waals surface area contributed by atoms with E-state index in [2.05, 4.69) is 4.18 Å². The summed E-state index contributed by atoms with van der Waals surface area (Å²) in [4.78, 5) is 0. The third-order valence-corrected chi connectivity index (χ3v) is 4.41. The predicted molar refractivity (Wildman–Crippen MR) is 64.1 cm³/mol. The Kier molecular flexibility index (Phi) is 6.39. The molecule has 1 aliphatic rings. The third kappa shape index (κ3) is 6.49. The summed E-state index contributed by atoms with van der Waals surface area (Å²) >= 11 is -4.00. The fourth-order valence-electron chi connectivity index (χ4n) is 1.71. The zero-order valence-electron chi connectivity index (χ0n) is 10.0. The third-order valence-electron chi connectivity index (χ3n) is 2.50. The summed E-state index contributed by atoms with van der Waals surface area (Å²) in [5.41, 5.74) is -9.67. The summed E-state index contributed by atoms with van der Waals surface area (Å²) in [7, 11) is 0. The normalized spacial score (nSPS) is 28.5. The second-order valence-electron chi connectivity index (χ2n) is 4.04. The molecule has 0 aromatic heterocycles. The first kappa shape index (κ1) is 17.8. The van der Waals surface area contributed by atoms with E-state index in [4.69, 9.17) is 0 Å². The fraction of sp³-hybridized carbons (Fsp3) is 0.800. The summed E-state index contributed by atoms with van der Waals surface area (Å²) in [5, 5.41) is -1.20. The van der Waals surface area contributed by atoms with Gasteiger partial charge in [0.05, 0.1) is 6.10 Å². The molecule has 20 heavy (non-hydrogen) atoms. The maximum atomic E-state index is 12.4. The molecular formula is C10H12F6O2S2. The Morgan fingerprint density at radius 2 is 1.60 bits per heavy atom. The highest BCUT2D eigenvalue weighted by Crippen LogP contribution is 2.40. The van der Waals surface area contributed by atoms with Crippen molar-refractivity contribution in [2.24, 2.45) is 0 Å². The maximum Gasteiger partial charge on any atom is 0.497 e. The van der Waals surface area contributed by atoms with Crippen LogP contribution in [0.15, 0.2) is 12.2 Å². The first-order valence-electron chi connectivity index (χ1n) is 5.65. The summed E-state index contributed by atoms with van der Waals surface area (Å²) in [5.74, 6) is 0. The van der Waals surface area contributed by atoms with E-state index in [1.54, 1.807) is 12.2 Å². The van der Waals surface area contributed by atoms with Gasteiger partial charge in [-0.3, -0.25) is 4.18 Å². The average Bonchev–Trinajstić information content (AvgIpc) is 2.24. The van der Waals surface area contributed by atoms with Crippen molar-refractivity contribution in [1.29, 1.82) is 0 Å². The van der Waals surface area contributed by atoms with Gasteiger partial charge in [0.25, 0.3) is 11.1 Å². The smallest absolute Gasteiger partial charge is 0.279 e. The van der Waals surface area contributed by atoms with Gasteiger partial charge in [-0.25, -0.2) is 4.21 Å². The van der Waals surface area contributed by atoms with Gasteiger partial charge in [-0.15, -0.1) is 0 Å². The number of hydrogen-bond donors (Lipinski definition) is 0. The van der Waals surface area contributed by atoms with Crippen LogP contribution >= 0.6 is 11.8 Å². The molecule has 0 amide bonds. The van der Waals surface area contributed by atoms with E-state index in [0.717, 1.165) is 0 Å². The molecule has 1 rings (SSSR count). The molecule has 0 aliphatic heterocycles. The van der Waals surface area contributed by atoms with Crippen LogP contribution in [0, 0.1) is 0 Å². The summed E-state index contributed by atoms with van der Waals surface area (Å²) < 4.78 is 89.0. The molecule has 1 unspecified atom stereocenters. The minimum absolute atomic E-state index is 0.0143. The fourth-order valence-corrected chi connectivity index (χ4v) is 3.29. The van der Waals surface area contributed by atoms with Crippen LogP contribution in [-0.2, 0) is 15.3 Å². The van der Waals surface area contributed by atoms with Gasteiger partial charge in [-0.1, -0.05) is 12.2 Å². The van der Waals surface area contributed by atoms with Gasteiger partial charge in [0, 0.05) is 5.25 Å². The zero-order chi connectivity index (χ0) is 15.4. The Morgan fingerprint density at radius 1 is 1.05 bits per heavy atom. The van der Waals surface area contributed by atoms with Crippen molar-refractivity contribution in [2.45, 2.75) is 48.1 Å². The zero-order valence-corrected chi connectivity index (χ0v) is 11.7. The van der Waals surface area contributed by atoms with Crippen molar-refractivity contribution in [3.63, 3.8) is 0 Å². The topological polar surface area (TPSA) is 26.3 Å². The van der Waals surface area contributed by atoms with Crippen LogP contribution in [0.1, 0.15) is 25.7 Å². The van der Waals surface area contributed by atoms with Crippen LogP contribution in [0.2, 0.25) is 0 Å². The second kappa shape index (κ2) is 7.17. The molecule has 0 heterocycles. The highest BCUT2D eigenvalue weighted by molar-refractivity contribution is 8.00. The quantitative estimate of drug-likeness (QED) is 0.565. The molecule has 0 bridgehead atoms. The van der Waals surface area contributed by atoms with E-state index in [1.165, 1.54) is 0 Å². The standard InChI is InChI=1S/C10H12F6O2S2/c11-9(12,13)19-8-6-4-2-1-3-5-7(8)18-20(17)10(14,15)16/h1-2,7-8H,3-6H2/b2-1-/t7-,8+,20?/m0/s1. The molecule has 0 aromatic rings. The lowest BCUT2D eigenvalue weighted by atomic mass is 10.0. The van der Waals surface area contributed by atoms with Gasteiger partial charge in [0.2, 0.25) is 0 Å². The number of rotatable bonds is 3. The minimum Gasteiger partial charge on any atom is -0.279 e. The second-order valence-corrected chi connectivity index (χ2v) is 6.47. The Hall–Kier alpha value is -0.220. The van der Waals surface area contributed by atoms with Crippen molar-refractivity contribution in [2.75, 3.05) is 0 Å². The Morgan fingerprint density at radius 3 is 2.10 bits per heavy atom. The van der Waals surface area contributed by atoms with Gasteiger partial charge < -0.3 is 0 Å². The minimum atomic E-state index is -5.09. The highest BCUT2D eigenvalue weighted by Gasteiger charge is 2.43. The summed E-state index contributed by atoms with van der Waals surface area (Å²) in [6.07, 6.45) is 2.57. The lowest BCUT2D eigenvalue weighted by molar-refractivity contribution is -0.0505. The molecule has 0 saturated heterocycles. The molecular weight excluding hydrogens is 330 g/mol. The predicted octanol–water partition coefficient (Wildman–Crippen LogP) is 4.31. The summed E-state index contributed by atoms with van der Waals surface area (Å²) in [6, 6.07) is 0. The van der Waals surface area contributed by atoms with E-state index >= 15 is 0 Å². The number of allylic oxidation sites excluding steroid dienone is 2. The lowest BCUT2D eigenvalue weighted by Crippen LogP contribution is -2.33. The lowest BCUT2D eigenvalue weighted by Gasteiger charge is -2.27. The Balaban J connectivity index is 2.78. The van der Waals surface area contributed by atoms with Gasteiger partial charge >= 0.3 is 11.0 Å². The number of hydrogen-bond acceptors (Lipinski definition) is 3. The molecule has 0 N–H and O–H groups in total. The largest absolute Gasteiger partial charge is 0.497 e. The average molecular weight is 342 g/mol. The summed E-state index contributed by atoms with van der Waals surface area (Å²) in [6.45, 7) is 0. The molecule has 1 aliphatic carbocycles. The van der Waals surface area contributed by atoms with Crippen LogP contribution in [-0.4, -0.2) is 26.6 Å². The molecule has 0 fully saturated rings. The van der Waals surface area contributed by atoms with Crippen molar-refractivity contribution < 1.29 is 34.7 Å². The maximum absolute atomic E-state index is 12.4. The molecule has 10 heteroatoms. The van der Waals surface area contributed by atoms with Crippen molar-refractivity contribution >= 4 is 22.8 Å². The molecule has 2 nitrogen and oxygen atoms in total. The van der Waals surface area contributed by atoms with Gasteiger partial charge in [-0.2, -0.15) is 26.3 Å². The van der Waals surface area contributed by atoms with Gasteiger partial charge in [0.1, 0.15) is 0 Å². The number of halogens is 6. The van der Waals surface area contributed by atoms with E-state index in [9.17, 15) is 30.6 Å². The monoisotopic (exact) mass is 342 g/mol. The van der Waals surface area contributed by atoms with Crippen LogP contribution in [0.25, 0.3) is 0 Å². The first-order valence-corrected chi connectivity index (χ1v) is 7.60. The molecule has 3 atom stereocenters. The van der Waals surface area contributed by atoms with E-state index in [1.807, 2.05) is 0 Å². The van der Waals surface area contributed by atoms with Crippen LogP contribution in [0.3, 0.4) is 0 Å². The molecule has 0 radical (unpaired) electrons. The number of alkyl halides is 6. The number of thioether (sulfide) groups is 1. The van der Waals surface area contributed by atoms with Gasteiger partial charge in [0.15, 0.2) is 0 Å². The van der Waals surface area contributed by atoms with Crippen molar-refractivity contribution in [3.05, 3.63) is 12.2 Å². The SMILES string of the molecule is O=S(O[C@H]1CC/C=C\CC[C@H]1SC(F)(F)F)C(F)(F)F. The van der Waals surface area contributed by atoms with E-state index < -0.39 is 45.2 Å². The van der Waals surface area contributed by atoms with Crippen LogP contribution in [0.5, 0.6) is 0 Å². The molecule has 0 saturated carbocycles. The van der Waals surface area contributed by atoms with Crippen LogP contribution < -0.4 is 0 Å². The van der Waals surface area contributed by atoms with Crippen molar-refractivity contribution in [3.8, 4) is 0 Å².